The van der Waals surface area contributed by atoms with Gasteiger partial charge >= 0.3 is 5.97 Å². The van der Waals surface area contributed by atoms with Crippen molar-refractivity contribution in [1.82, 2.24) is 0 Å². The first-order chi connectivity index (χ1) is 9.58. The van der Waals surface area contributed by atoms with Gasteiger partial charge in [0.2, 0.25) is 5.91 Å². The Kier molecular flexibility index (Phi) is 6.25. The van der Waals surface area contributed by atoms with Crippen LogP contribution in [0, 0.1) is 0 Å². The number of ether oxygens (including phenoxy) is 2. The van der Waals surface area contributed by atoms with Crippen molar-refractivity contribution >= 4 is 23.2 Å². The van der Waals surface area contributed by atoms with Crippen LogP contribution in [-0.2, 0) is 4.74 Å². The Morgan fingerprint density at radius 3 is 2.40 bits per heavy atom. The van der Waals surface area contributed by atoms with Gasteiger partial charge in [-0.15, -0.1) is 11.3 Å². The van der Waals surface area contributed by atoms with Crippen molar-refractivity contribution in [2.75, 3.05) is 14.2 Å². The van der Waals surface area contributed by atoms with Crippen molar-refractivity contribution in [2.45, 2.75) is 0 Å². The summed E-state index contributed by atoms with van der Waals surface area (Å²) in [5, 5.41) is 1.84. The summed E-state index contributed by atoms with van der Waals surface area (Å²) in [4.78, 5) is 21.9. The highest BCUT2D eigenvalue weighted by Crippen LogP contribution is 2.11. The van der Waals surface area contributed by atoms with Crippen LogP contribution < -0.4 is 10.5 Å². The van der Waals surface area contributed by atoms with Gasteiger partial charge in [0.15, 0.2) is 0 Å². The Bertz CT molecular complexity index is 566. The van der Waals surface area contributed by atoms with Crippen molar-refractivity contribution in [1.29, 1.82) is 0 Å². The standard InChI is InChI=1S/C8H9NO2.C6H6O2S/c1-11-7-4-2-3-6(5-7)8(9)10;1-8-6(7)5-3-2-4-9-5/h2-5H,1H3,(H2,9,10);2-4H,1H3. The van der Waals surface area contributed by atoms with E-state index in [0.29, 0.717) is 16.2 Å². The highest BCUT2D eigenvalue weighted by Gasteiger charge is 2.03. The summed E-state index contributed by atoms with van der Waals surface area (Å²) in [5.41, 5.74) is 5.51. The molecule has 2 aromatic rings. The molecule has 0 unspecified atom stereocenters. The molecule has 2 rings (SSSR count). The van der Waals surface area contributed by atoms with Gasteiger partial charge in [-0.3, -0.25) is 4.79 Å². The van der Waals surface area contributed by atoms with E-state index in [4.69, 9.17) is 10.5 Å². The van der Waals surface area contributed by atoms with Gasteiger partial charge in [-0.2, -0.15) is 0 Å². The number of carbonyl (C=O) groups excluding carboxylic acids is 2. The zero-order chi connectivity index (χ0) is 15.0. The summed E-state index contributed by atoms with van der Waals surface area (Å²) in [6, 6.07) is 10.3. The fourth-order valence-electron chi connectivity index (χ4n) is 1.27. The van der Waals surface area contributed by atoms with Crippen LogP contribution >= 0.6 is 11.3 Å². The third-order valence-corrected chi connectivity index (χ3v) is 3.11. The number of amides is 1. The summed E-state index contributed by atoms with van der Waals surface area (Å²) >= 11 is 1.38. The van der Waals surface area contributed by atoms with E-state index >= 15 is 0 Å². The minimum atomic E-state index is -0.441. The zero-order valence-corrected chi connectivity index (χ0v) is 12.0. The molecule has 0 aliphatic heterocycles. The Balaban J connectivity index is 0.000000204. The van der Waals surface area contributed by atoms with Gasteiger partial charge < -0.3 is 15.2 Å². The van der Waals surface area contributed by atoms with Crippen LogP contribution in [0.2, 0.25) is 0 Å². The maximum Gasteiger partial charge on any atom is 0.348 e. The van der Waals surface area contributed by atoms with Crippen LogP contribution in [0.4, 0.5) is 0 Å². The molecule has 0 fully saturated rings. The maximum atomic E-state index is 10.7. The number of carbonyl (C=O) groups is 2. The van der Waals surface area contributed by atoms with Crippen molar-refractivity contribution in [3.8, 4) is 5.75 Å². The first-order valence-electron chi connectivity index (χ1n) is 5.64. The van der Waals surface area contributed by atoms with Gasteiger partial charge in [0.25, 0.3) is 0 Å². The van der Waals surface area contributed by atoms with Crippen molar-refractivity contribution < 1.29 is 19.1 Å². The normalized spacial score (nSPS) is 9.10. The monoisotopic (exact) mass is 293 g/mol. The second kappa shape index (κ2) is 7.96. The van der Waals surface area contributed by atoms with E-state index in [2.05, 4.69) is 4.74 Å². The molecule has 1 heterocycles. The molecule has 106 valence electrons. The van der Waals surface area contributed by atoms with E-state index in [0.717, 1.165) is 0 Å². The molecule has 0 atom stereocenters. The number of nitrogens with two attached hydrogens (primary N) is 1. The fourth-order valence-corrected chi connectivity index (χ4v) is 1.91. The number of thiophene rings is 1. The number of methoxy groups -OCH3 is 2. The van der Waals surface area contributed by atoms with Gasteiger partial charge in [-0.1, -0.05) is 12.1 Å². The lowest BCUT2D eigenvalue weighted by Gasteiger charge is -1.99. The molecule has 0 aliphatic carbocycles. The Labute approximate surface area is 120 Å². The minimum Gasteiger partial charge on any atom is -0.497 e. The SMILES string of the molecule is COC(=O)c1cccs1.COc1cccc(C(N)=O)c1. The lowest BCUT2D eigenvalue weighted by molar-refractivity contribution is 0.0606. The number of hydrogen-bond donors (Lipinski definition) is 1. The highest BCUT2D eigenvalue weighted by molar-refractivity contribution is 7.11. The summed E-state index contributed by atoms with van der Waals surface area (Å²) < 4.78 is 9.36. The Morgan fingerprint density at radius 2 is 1.90 bits per heavy atom. The quantitative estimate of drug-likeness (QED) is 0.881. The molecule has 1 amide bonds. The zero-order valence-electron chi connectivity index (χ0n) is 11.2. The van der Waals surface area contributed by atoms with Crippen molar-refractivity contribution in [3.05, 3.63) is 52.2 Å². The smallest absolute Gasteiger partial charge is 0.348 e. The third-order valence-electron chi connectivity index (χ3n) is 2.26. The summed E-state index contributed by atoms with van der Waals surface area (Å²) in [6.07, 6.45) is 0. The van der Waals surface area contributed by atoms with Crippen LogP contribution in [0.3, 0.4) is 0 Å². The molecule has 1 aromatic heterocycles. The number of hydrogen-bond acceptors (Lipinski definition) is 5. The molecule has 0 bridgehead atoms. The second-order valence-corrected chi connectivity index (χ2v) is 4.51. The van der Waals surface area contributed by atoms with Gasteiger partial charge in [-0.05, 0) is 29.6 Å². The van der Waals surface area contributed by atoms with Crippen LogP contribution in [0.1, 0.15) is 20.0 Å². The van der Waals surface area contributed by atoms with Crippen molar-refractivity contribution in [2.24, 2.45) is 5.73 Å². The van der Waals surface area contributed by atoms with Gasteiger partial charge in [0.1, 0.15) is 10.6 Å². The highest BCUT2D eigenvalue weighted by atomic mass is 32.1. The minimum absolute atomic E-state index is 0.259. The predicted octanol–water partition coefficient (Wildman–Crippen LogP) is 2.33. The molecule has 6 heteroatoms. The topological polar surface area (TPSA) is 78.6 Å². The first kappa shape index (κ1) is 15.7. The largest absolute Gasteiger partial charge is 0.497 e. The second-order valence-electron chi connectivity index (χ2n) is 3.57. The predicted molar refractivity (Wildman–Crippen MR) is 77.2 cm³/mol. The Hall–Kier alpha value is -2.34. The van der Waals surface area contributed by atoms with Crippen molar-refractivity contribution in [3.63, 3.8) is 0 Å². The molecule has 0 aliphatic rings. The van der Waals surface area contributed by atoms with Crippen LogP contribution in [0.5, 0.6) is 5.75 Å². The van der Waals surface area contributed by atoms with Crippen LogP contribution in [0.15, 0.2) is 41.8 Å². The van der Waals surface area contributed by atoms with E-state index in [-0.39, 0.29) is 5.97 Å². The summed E-state index contributed by atoms with van der Waals surface area (Å²) in [6.45, 7) is 0. The molecule has 2 N–H and O–H groups in total. The molecule has 0 saturated heterocycles. The molecule has 0 spiro atoms. The van der Waals surface area contributed by atoms with Crippen LogP contribution in [0.25, 0.3) is 0 Å². The van der Waals surface area contributed by atoms with Crippen LogP contribution in [-0.4, -0.2) is 26.1 Å². The average molecular weight is 293 g/mol. The van der Waals surface area contributed by atoms with E-state index in [9.17, 15) is 9.59 Å². The molecule has 0 saturated carbocycles. The fraction of sp³-hybridized carbons (Fsp3) is 0.143. The molecule has 1 aromatic carbocycles. The molecule has 20 heavy (non-hydrogen) atoms. The molecular weight excluding hydrogens is 278 g/mol. The average Bonchev–Trinajstić information content (AvgIpc) is 3.01. The lowest BCUT2D eigenvalue weighted by Crippen LogP contribution is -2.10. The van der Waals surface area contributed by atoms with E-state index < -0.39 is 5.91 Å². The van der Waals surface area contributed by atoms with Gasteiger partial charge in [0, 0.05) is 5.56 Å². The summed E-state index contributed by atoms with van der Waals surface area (Å²) in [5.74, 6) is -0.0600. The molecular formula is C14H15NO4S. The number of primary amides is 1. The third kappa shape index (κ3) is 4.74. The van der Waals surface area contributed by atoms with Gasteiger partial charge in [0.05, 0.1) is 14.2 Å². The number of esters is 1. The first-order valence-corrected chi connectivity index (χ1v) is 6.52. The van der Waals surface area contributed by atoms with Gasteiger partial charge in [-0.25, -0.2) is 4.79 Å². The molecule has 5 nitrogen and oxygen atoms in total. The number of benzene rings is 1. The Morgan fingerprint density at radius 1 is 1.15 bits per heavy atom. The van der Waals surface area contributed by atoms with E-state index in [1.165, 1.54) is 18.4 Å². The molecule has 0 radical (unpaired) electrons. The number of rotatable bonds is 3. The summed E-state index contributed by atoms with van der Waals surface area (Å²) in [7, 11) is 2.92. The lowest BCUT2D eigenvalue weighted by atomic mass is 10.2. The van der Waals surface area contributed by atoms with E-state index in [1.54, 1.807) is 37.4 Å². The van der Waals surface area contributed by atoms with E-state index in [1.807, 2.05) is 11.4 Å². The maximum absolute atomic E-state index is 10.7.